The number of aliphatic hydroxyl groups is 1. The first-order chi connectivity index (χ1) is 16.5. The second kappa shape index (κ2) is 14.3. The van der Waals surface area contributed by atoms with Gasteiger partial charge in [0.25, 0.3) is 0 Å². The van der Waals surface area contributed by atoms with Gasteiger partial charge in [0.05, 0.1) is 18.3 Å². The predicted octanol–water partition coefficient (Wildman–Crippen LogP) is 6.97. The van der Waals surface area contributed by atoms with Gasteiger partial charge in [0.1, 0.15) is 5.78 Å². The first kappa shape index (κ1) is 28.1. The number of hydrogen-bond donors (Lipinski definition) is 1. The normalized spacial score (nSPS) is 35.4. The van der Waals surface area contributed by atoms with E-state index in [1.807, 2.05) is 14.2 Å². The Labute approximate surface area is 209 Å². The summed E-state index contributed by atoms with van der Waals surface area (Å²) >= 11 is 0. The Morgan fingerprint density at radius 2 is 1.38 bits per heavy atom. The molecule has 0 aromatic heterocycles. The van der Waals surface area contributed by atoms with Crippen LogP contribution in [0.25, 0.3) is 0 Å². The highest BCUT2D eigenvalue weighted by Crippen LogP contribution is 2.52. The van der Waals surface area contributed by atoms with Gasteiger partial charge in [0.15, 0.2) is 0 Å². The second-order valence-electron chi connectivity index (χ2n) is 11.9. The summed E-state index contributed by atoms with van der Waals surface area (Å²) in [7, 11) is 3.63. The lowest BCUT2D eigenvalue weighted by Gasteiger charge is -2.40. The molecule has 9 atom stereocenters. The molecule has 4 aliphatic rings. The van der Waals surface area contributed by atoms with E-state index in [-0.39, 0.29) is 6.10 Å². The van der Waals surface area contributed by atoms with Crippen molar-refractivity contribution in [3.8, 4) is 0 Å². The van der Waals surface area contributed by atoms with Crippen LogP contribution in [0.5, 0.6) is 0 Å². The van der Waals surface area contributed by atoms with Crippen LogP contribution in [-0.4, -0.2) is 43.4 Å². The molecule has 1 N–H and O–H groups in total. The fourth-order valence-corrected chi connectivity index (χ4v) is 7.73. The number of rotatable bonds is 14. The minimum atomic E-state index is 0.0369. The lowest BCUT2D eigenvalue weighted by molar-refractivity contribution is -0.134. The molecular weight excluding hydrogens is 424 g/mol. The SMILES string of the molecule is CCC(CCCCC1CCC2CC(=O)C12)OC.CCC(CCCCC1CCC2CC(O)C12)OC. The number of carbonyl (C=O) groups excluding carboxylic acids is 1. The number of carbonyl (C=O) groups is 1. The number of ether oxygens (including phenoxy) is 2. The summed E-state index contributed by atoms with van der Waals surface area (Å²) in [6.45, 7) is 4.38. The zero-order valence-electron chi connectivity index (χ0n) is 22.7. The van der Waals surface area contributed by atoms with Gasteiger partial charge in [-0.05, 0) is 93.8 Å². The Bertz CT molecular complexity index is 584. The van der Waals surface area contributed by atoms with Crippen molar-refractivity contribution in [1.82, 2.24) is 0 Å². The Balaban J connectivity index is 0.000000191. The summed E-state index contributed by atoms with van der Waals surface area (Å²) in [6.07, 6.45) is 20.7. The quantitative estimate of drug-likeness (QED) is 0.274. The maximum Gasteiger partial charge on any atom is 0.136 e. The Morgan fingerprint density at radius 1 is 0.824 bits per heavy atom. The highest BCUT2D eigenvalue weighted by Gasteiger charge is 2.49. The van der Waals surface area contributed by atoms with Crippen molar-refractivity contribution < 1.29 is 19.4 Å². The summed E-state index contributed by atoms with van der Waals surface area (Å²) in [5.74, 6) is 4.89. The van der Waals surface area contributed by atoms with Gasteiger partial charge < -0.3 is 14.6 Å². The van der Waals surface area contributed by atoms with E-state index in [2.05, 4.69) is 13.8 Å². The van der Waals surface area contributed by atoms with Crippen molar-refractivity contribution in [3.63, 3.8) is 0 Å². The lowest BCUT2D eigenvalue weighted by atomic mass is 9.69. The van der Waals surface area contributed by atoms with Gasteiger partial charge in [-0.1, -0.05) is 46.0 Å². The minimum absolute atomic E-state index is 0.0369. The molecule has 0 radical (unpaired) electrons. The lowest BCUT2D eigenvalue weighted by Crippen LogP contribution is -2.40. The van der Waals surface area contributed by atoms with Gasteiger partial charge in [-0.15, -0.1) is 0 Å². The molecule has 4 saturated carbocycles. The van der Waals surface area contributed by atoms with E-state index < -0.39 is 0 Å². The molecule has 0 heterocycles. The zero-order chi connectivity index (χ0) is 24.5. The molecule has 198 valence electrons. The third-order valence-electron chi connectivity index (χ3n) is 10.0. The van der Waals surface area contributed by atoms with Crippen LogP contribution in [0, 0.1) is 35.5 Å². The highest BCUT2D eigenvalue weighted by molar-refractivity contribution is 5.88. The molecule has 4 aliphatic carbocycles. The molecule has 4 rings (SSSR count). The van der Waals surface area contributed by atoms with Crippen LogP contribution >= 0.6 is 0 Å². The average molecular weight is 479 g/mol. The molecular formula is C30H54O4. The standard InChI is InChI=1S/C15H28O2.C15H26O2/c2*1-3-13(17-2)7-5-4-6-11-8-9-12-10-14(16)15(11)12/h11-16H,3-10H2,1-2H3;11-13,15H,3-10H2,1-2H3. The van der Waals surface area contributed by atoms with Gasteiger partial charge in [-0.2, -0.15) is 0 Å². The molecule has 0 spiro atoms. The third kappa shape index (κ3) is 7.29. The maximum atomic E-state index is 11.5. The summed E-state index contributed by atoms with van der Waals surface area (Å²) in [5, 5.41) is 9.79. The number of Topliss-reactive ketones (excluding diaryl/α,β-unsaturated/α-hetero) is 1. The molecule has 34 heavy (non-hydrogen) atoms. The third-order valence-corrected chi connectivity index (χ3v) is 10.0. The molecule has 0 bridgehead atoms. The van der Waals surface area contributed by atoms with E-state index in [1.54, 1.807) is 0 Å². The first-order valence-corrected chi connectivity index (χ1v) is 14.8. The van der Waals surface area contributed by atoms with Crippen molar-refractivity contribution >= 4 is 5.78 Å². The van der Waals surface area contributed by atoms with Crippen molar-refractivity contribution in [1.29, 1.82) is 0 Å². The van der Waals surface area contributed by atoms with Crippen molar-refractivity contribution in [2.24, 2.45) is 35.5 Å². The number of unbranched alkanes of at least 4 members (excludes halogenated alkanes) is 2. The Kier molecular flexibility index (Phi) is 11.9. The van der Waals surface area contributed by atoms with Crippen LogP contribution in [0.1, 0.15) is 117 Å². The zero-order valence-corrected chi connectivity index (χ0v) is 22.7. The number of methoxy groups -OCH3 is 2. The number of fused-ring (bicyclic) bond motifs is 2. The number of ketones is 1. The van der Waals surface area contributed by atoms with E-state index >= 15 is 0 Å². The summed E-state index contributed by atoms with van der Waals surface area (Å²) in [5.41, 5.74) is 0. The first-order valence-electron chi connectivity index (χ1n) is 14.8. The molecule has 4 nitrogen and oxygen atoms in total. The summed E-state index contributed by atoms with van der Waals surface area (Å²) < 4.78 is 10.8. The molecule has 4 fully saturated rings. The average Bonchev–Trinajstić information content (AvgIpc) is 3.34. The van der Waals surface area contributed by atoms with Crippen LogP contribution in [0.4, 0.5) is 0 Å². The maximum absolute atomic E-state index is 11.5. The highest BCUT2D eigenvalue weighted by atomic mass is 16.5. The molecule has 0 saturated heterocycles. The molecule has 9 unspecified atom stereocenters. The van der Waals surface area contributed by atoms with Crippen LogP contribution in [0.15, 0.2) is 0 Å². The van der Waals surface area contributed by atoms with Crippen LogP contribution in [0.2, 0.25) is 0 Å². The van der Waals surface area contributed by atoms with Gasteiger partial charge in [0, 0.05) is 26.6 Å². The van der Waals surface area contributed by atoms with E-state index in [1.165, 1.54) is 77.0 Å². The van der Waals surface area contributed by atoms with Crippen LogP contribution in [0.3, 0.4) is 0 Å². The van der Waals surface area contributed by atoms with E-state index in [9.17, 15) is 9.90 Å². The molecule has 4 heteroatoms. The largest absolute Gasteiger partial charge is 0.393 e. The number of hydrogen-bond acceptors (Lipinski definition) is 4. The van der Waals surface area contributed by atoms with E-state index in [4.69, 9.17) is 9.47 Å². The van der Waals surface area contributed by atoms with Gasteiger partial charge in [-0.25, -0.2) is 0 Å². The fraction of sp³-hybridized carbons (Fsp3) is 0.967. The van der Waals surface area contributed by atoms with Crippen molar-refractivity contribution in [2.45, 2.75) is 135 Å². The molecule has 0 aromatic rings. The van der Waals surface area contributed by atoms with E-state index in [0.29, 0.717) is 29.8 Å². The van der Waals surface area contributed by atoms with Crippen molar-refractivity contribution in [3.05, 3.63) is 0 Å². The molecule has 0 aliphatic heterocycles. The topological polar surface area (TPSA) is 55.8 Å². The summed E-state index contributed by atoms with van der Waals surface area (Å²) in [4.78, 5) is 11.5. The van der Waals surface area contributed by atoms with Crippen LogP contribution < -0.4 is 0 Å². The second-order valence-corrected chi connectivity index (χ2v) is 11.9. The number of aliphatic hydroxyl groups excluding tert-OH is 1. The Hall–Kier alpha value is -0.450. The van der Waals surface area contributed by atoms with Crippen molar-refractivity contribution in [2.75, 3.05) is 14.2 Å². The van der Waals surface area contributed by atoms with Gasteiger partial charge in [0.2, 0.25) is 0 Å². The van der Waals surface area contributed by atoms with Gasteiger partial charge in [-0.3, -0.25) is 4.79 Å². The fourth-order valence-electron chi connectivity index (χ4n) is 7.73. The smallest absolute Gasteiger partial charge is 0.136 e. The molecule has 0 amide bonds. The van der Waals surface area contributed by atoms with Gasteiger partial charge >= 0.3 is 0 Å². The summed E-state index contributed by atoms with van der Waals surface area (Å²) in [6, 6.07) is 0. The molecule has 0 aromatic carbocycles. The predicted molar refractivity (Wildman–Crippen MR) is 139 cm³/mol. The monoisotopic (exact) mass is 478 g/mol. The van der Waals surface area contributed by atoms with E-state index in [0.717, 1.165) is 49.4 Å². The van der Waals surface area contributed by atoms with Crippen LogP contribution in [-0.2, 0) is 14.3 Å². The Morgan fingerprint density at radius 3 is 1.91 bits per heavy atom. The minimum Gasteiger partial charge on any atom is -0.393 e.